The van der Waals surface area contributed by atoms with Crippen molar-refractivity contribution in [3.63, 3.8) is 0 Å². The van der Waals surface area contributed by atoms with Gasteiger partial charge in [0.2, 0.25) is 0 Å². The highest BCUT2D eigenvalue weighted by molar-refractivity contribution is 5.76. The fraction of sp³-hybridized carbons (Fsp3) is 0.867. The van der Waals surface area contributed by atoms with Crippen LogP contribution in [0.3, 0.4) is 0 Å². The SMILES string of the molecule is CC(C)CCC[C@@H](C)[C@H]1CCC2C3CC=C4C[C@@H](OC(=O)NCC(=O)O)CC[C@]4(C)C3CC[C@@]21C. The first-order valence-corrected chi connectivity index (χ1v) is 14.4. The van der Waals surface area contributed by atoms with Gasteiger partial charge < -0.3 is 15.2 Å². The van der Waals surface area contributed by atoms with Crippen LogP contribution in [0, 0.1) is 46.3 Å². The van der Waals surface area contributed by atoms with Crippen LogP contribution in [0.25, 0.3) is 0 Å². The number of fused-ring (bicyclic) bond motifs is 5. The van der Waals surface area contributed by atoms with Crippen molar-refractivity contribution < 1.29 is 19.4 Å². The number of carbonyl (C=O) groups is 2. The van der Waals surface area contributed by atoms with Crippen LogP contribution in [0.4, 0.5) is 4.79 Å². The molecule has 0 spiro atoms. The summed E-state index contributed by atoms with van der Waals surface area (Å²) in [4.78, 5) is 22.7. The van der Waals surface area contributed by atoms with Crippen LogP contribution in [0.15, 0.2) is 11.6 Å². The van der Waals surface area contributed by atoms with Crippen molar-refractivity contribution >= 4 is 12.1 Å². The first-order valence-electron chi connectivity index (χ1n) is 14.4. The molecule has 0 aliphatic heterocycles. The number of nitrogens with one attached hydrogen (secondary N) is 1. The lowest BCUT2D eigenvalue weighted by atomic mass is 9.47. The molecule has 3 unspecified atom stereocenters. The Kier molecular flexibility index (Phi) is 7.93. The number of aliphatic carboxylic acids is 1. The molecule has 4 aliphatic carbocycles. The van der Waals surface area contributed by atoms with Crippen LogP contribution >= 0.6 is 0 Å². The average molecular weight is 488 g/mol. The fourth-order valence-electron chi connectivity index (χ4n) is 9.09. The molecule has 5 nitrogen and oxygen atoms in total. The maximum Gasteiger partial charge on any atom is 0.407 e. The Labute approximate surface area is 212 Å². The molecule has 2 N–H and O–H groups in total. The molecule has 1 amide bonds. The van der Waals surface area contributed by atoms with Crippen molar-refractivity contribution in [1.82, 2.24) is 5.32 Å². The number of hydrogen-bond acceptors (Lipinski definition) is 3. The molecule has 0 radical (unpaired) electrons. The van der Waals surface area contributed by atoms with Gasteiger partial charge in [0.05, 0.1) is 0 Å². The summed E-state index contributed by atoms with van der Waals surface area (Å²) >= 11 is 0. The van der Waals surface area contributed by atoms with E-state index < -0.39 is 18.6 Å². The monoisotopic (exact) mass is 487 g/mol. The second-order valence-electron chi connectivity index (χ2n) is 13.3. The lowest BCUT2D eigenvalue weighted by Crippen LogP contribution is -2.51. The standard InChI is InChI=1S/C30H49NO4/c1-19(2)7-6-8-20(3)24-11-12-25-23-10-9-21-17-22(35-28(34)31-18-27(32)33)13-15-29(21,4)26(23)14-16-30(24,25)5/h9,19-20,22-26H,6-8,10-18H2,1-5H3,(H,31,34)(H,32,33)/t20-,22+,23?,24-,25?,26?,29+,30-/m1/s1. The number of alkyl carbamates (subject to hydrolysis) is 1. The summed E-state index contributed by atoms with van der Waals surface area (Å²) in [5.74, 6) is 3.88. The molecule has 0 heterocycles. The van der Waals surface area contributed by atoms with E-state index in [4.69, 9.17) is 9.84 Å². The molecule has 198 valence electrons. The minimum atomic E-state index is -1.05. The lowest BCUT2D eigenvalue weighted by Gasteiger charge is -2.58. The van der Waals surface area contributed by atoms with Crippen LogP contribution in [0.5, 0.6) is 0 Å². The van der Waals surface area contributed by atoms with Crippen LogP contribution < -0.4 is 5.32 Å². The van der Waals surface area contributed by atoms with E-state index in [1.165, 1.54) is 56.9 Å². The highest BCUT2D eigenvalue weighted by Gasteiger charge is 2.59. The Hall–Kier alpha value is -1.52. The van der Waals surface area contributed by atoms with E-state index in [9.17, 15) is 9.59 Å². The van der Waals surface area contributed by atoms with Crippen LogP contribution in [-0.2, 0) is 9.53 Å². The van der Waals surface area contributed by atoms with Crippen molar-refractivity contribution in [3.05, 3.63) is 11.6 Å². The summed E-state index contributed by atoms with van der Waals surface area (Å²) in [5, 5.41) is 11.1. The van der Waals surface area contributed by atoms with Crippen LogP contribution in [0.2, 0.25) is 0 Å². The molecule has 0 aromatic heterocycles. The Balaban J connectivity index is 1.40. The maximum atomic E-state index is 12.0. The predicted octanol–water partition coefficient (Wildman–Crippen LogP) is 7.21. The van der Waals surface area contributed by atoms with E-state index in [0.717, 1.165) is 54.8 Å². The number of rotatable bonds is 8. The molecule has 0 saturated heterocycles. The highest BCUT2D eigenvalue weighted by Crippen LogP contribution is 2.67. The molecule has 0 bridgehead atoms. The molecule has 0 aromatic carbocycles. The molecule has 4 rings (SSSR count). The third kappa shape index (κ3) is 5.30. The molecule has 35 heavy (non-hydrogen) atoms. The van der Waals surface area contributed by atoms with Gasteiger partial charge in [-0.2, -0.15) is 0 Å². The number of ether oxygens (including phenoxy) is 1. The first-order chi connectivity index (χ1) is 16.5. The number of carboxylic acid groups (broad SMARTS) is 1. The summed E-state index contributed by atoms with van der Waals surface area (Å²) in [7, 11) is 0. The second-order valence-corrected chi connectivity index (χ2v) is 13.3. The van der Waals surface area contributed by atoms with Gasteiger partial charge in [0, 0.05) is 6.42 Å². The third-order valence-corrected chi connectivity index (χ3v) is 10.9. The molecular weight excluding hydrogens is 438 g/mol. The van der Waals surface area contributed by atoms with Gasteiger partial charge >= 0.3 is 12.1 Å². The lowest BCUT2D eigenvalue weighted by molar-refractivity contribution is -0.135. The molecule has 0 aromatic rings. The summed E-state index contributed by atoms with van der Waals surface area (Å²) in [6, 6.07) is 0. The van der Waals surface area contributed by atoms with Gasteiger partial charge in [0.25, 0.3) is 0 Å². The zero-order chi connectivity index (χ0) is 25.4. The van der Waals surface area contributed by atoms with Gasteiger partial charge in [0.15, 0.2) is 0 Å². The summed E-state index contributed by atoms with van der Waals surface area (Å²) in [6.07, 6.45) is 15.4. The molecule has 3 saturated carbocycles. The van der Waals surface area contributed by atoms with Crippen molar-refractivity contribution in [3.8, 4) is 0 Å². The largest absolute Gasteiger partial charge is 0.480 e. The maximum absolute atomic E-state index is 12.0. The smallest absolute Gasteiger partial charge is 0.407 e. The van der Waals surface area contributed by atoms with E-state index in [0.29, 0.717) is 5.41 Å². The van der Waals surface area contributed by atoms with Gasteiger partial charge in [0.1, 0.15) is 12.6 Å². The average Bonchev–Trinajstić information content (AvgIpc) is 3.15. The second kappa shape index (κ2) is 10.5. The number of amides is 1. The number of carbonyl (C=O) groups excluding carboxylic acids is 1. The minimum Gasteiger partial charge on any atom is -0.480 e. The van der Waals surface area contributed by atoms with Gasteiger partial charge in [-0.3, -0.25) is 4.79 Å². The van der Waals surface area contributed by atoms with Crippen molar-refractivity contribution in [2.45, 2.75) is 111 Å². The Morgan fingerprint density at radius 1 is 1.09 bits per heavy atom. The molecule has 5 heteroatoms. The van der Waals surface area contributed by atoms with Crippen LogP contribution in [-0.4, -0.2) is 29.8 Å². The number of hydrogen-bond donors (Lipinski definition) is 2. The van der Waals surface area contributed by atoms with Crippen molar-refractivity contribution in [2.24, 2.45) is 46.3 Å². The van der Waals surface area contributed by atoms with Gasteiger partial charge in [-0.25, -0.2) is 4.79 Å². The normalized spacial score (nSPS) is 39.1. The summed E-state index contributed by atoms with van der Waals surface area (Å²) in [6.45, 7) is 12.0. The van der Waals surface area contributed by atoms with E-state index in [1.807, 2.05) is 0 Å². The fourth-order valence-corrected chi connectivity index (χ4v) is 9.09. The zero-order valence-electron chi connectivity index (χ0n) is 22.8. The van der Waals surface area contributed by atoms with E-state index in [1.54, 1.807) is 0 Å². The van der Waals surface area contributed by atoms with Gasteiger partial charge in [-0.05, 0) is 91.3 Å². The van der Waals surface area contributed by atoms with E-state index in [2.05, 4.69) is 46.0 Å². The summed E-state index contributed by atoms with van der Waals surface area (Å²) < 4.78 is 5.59. The Morgan fingerprint density at radius 3 is 2.57 bits per heavy atom. The quantitative estimate of drug-likeness (QED) is 0.355. The Morgan fingerprint density at radius 2 is 1.86 bits per heavy atom. The molecular formula is C30H49NO4. The van der Waals surface area contributed by atoms with Crippen molar-refractivity contribution in [1.29, 1.82) is 0 Å². The predicted molar refractivity (Wildman–Crippen MR) is 139 cm³/mol. The third-order valence-electron chi connectivity index (χ3n) is 10.9. The van der Waals surface area contributed by atoms with E-state index >= 15 is 0 Å². The number of carboxylic acids is 1. The van der Waals surface area contributed by atoms with Crippen LogP contribution in [0.1, 0.15) is 105 Å². The topological polar surface area (TPSA) is 75.6 Å². The molecule has 3 fully saturated rings. The van der Waals surface area contributed by atoms with E-state index in [-0.39, 0.29) is 11.5 Å². The molecule has 8 atom stereocenters. The molecule has 4 aliphatic rings. The highest BCUT2D eigenvalue weighted by atomic mass is 16.6. The Bertz CT molecular complexity index is 821. The zero-order valence-corrected chi connectivity index (χ0v) is 22.8. The van der Waals surface area contributed by atoms with Gasteiger partial charge in [-0.15, -0.1) is 0 Å². The van der Waals surface area contributed by atoms with Crippen molar-refractivity contribution in [2.75, 3.05) is 6.54 Å². The summed E-state index contributed by atoms with van der Waals surface area (Å²) in [5.41, 5.74) is 2.21. The minimum absolute atomic E-state index is 0.143. The number of allylic oxidation sites excluding steroid dienone is 1. The van der Waals surface area contributed by atoms with Gasteiger partial charge in [-0.1, -0.05) is 65.5 Å². The first kappa shape index (κ1) is 26.5.